The fourth-order valence-electron chi connectivity index (χ4n) is 2.16. The Labute approximate surface area is 136 Å². The van der Waals surface area contributed by atoms with Crippen molar-refractivity contribution in [1.82, 2.24) is 0 Å². The molecule has 122 valence electrons. The van der Waals surface area contributed by atoms with Gasteiger partial charge in [0.15, 0.2) is 0 Å². The zero-order chi connectivity index (χ0) is 15.4. The molecule has 0 radical (unpaired) electrons. The molecule has 0 atom stereocenters. The van der Waals surface area contributed by atoms with Gasteiger partial charge in [-0.15, -0.1) is 0 Å². The molecule has 4 heteroatoms. The van der Waals surface area contributed by atoms with Crippen molar-refractivity contribution in [2.75, 3.05) is 19.8 Å². The fraction of sp³-hybridized carbons (Fsp3) is 0.765. The van der Waals surface area contributed by atoms with Crippen LogP contribution in [-0.4, -0.2) is 39.4 Å². The van der Waals surface area contributed by atoms with Crippen molar-refractivity contribution >= 4 is 19.6 Å². The summed E-state index contributed by atoms with van der Waals surface area (Å²) in [4.78, 5) is 0. The maximum absolute atomic E-state index is 6.31. The van der Waals surface area contributed by atoms with Crippen molar-refractivity contribution in [3.05, 3.63) is 24.3 Å². The Morgan fingerprint density at radius 1 is 0.714 bits per heavy atom. The Balaban J connectivity index is 2.72. The molecule has 1 aliphatic carbocycles. The number of hydrogen-bond donors (Lipinski definition) is 0. The second-order valence-corrected chi connectivity index (χ2v) is 13.3. The van der Waals surface area contributed by atoms with E-state index in [1.165, 1.54) is 0 Å². The van der Waals surface area contributed by atoms with Crippen LogP contribution in [0.4, 0.5) is 0 Å². The molecule has 0 N–H and O–H groups in total. The van der Waals surface area contributed by atoms with Gasteiger partial charge in [-0.1, -0.05) is 0 Å². The summed E-state index contributed by atoms with van der Waals surface area (Å²) in [5, 5.41) is 0. The summed E-state index contributed by atoms with van der Waals surface area (Å²) in [6.07, 6.45) is 15.2. The van der Waals surface area contributed by atoms with Crippen molar-refractivity contribution in [2.45, 2.75) is 63.2 Å². The van der Waals surface area contributed by atoms with Gasteiger partial charge in [0.05, 0.1) is 0 Å². The Hall–Kier alpha value is 0.159. The predicted octanol–water partition coefficient (Wildman–Crippen LogP) is 4.87. The average molecular weight is 403 g/mol. The Bertz CT molecular complexity index is 277. The maximum atomic E-state index is 6.31. The number of allylic oxidation sites excluding steroid dienone is 4. The average Bonchev–Trinajstić information content (AvgIpc) is 3.02. The van der Waals surface area contributed by atoms with E-state index in [0.717, 1.165) is 58.3 Å². The van der Waals surface area contributed by atoms with Gasteiger partial charge in [0.1, 0.15) is 0 Å². The second-order valence-electron chi connectivity index (χ2n) is 5.51. The minimum atomic E-state index is -3.52. The van der Waals surface area contributed by atoms with Gasteiger partial charge in [0, 0.05) is 0 Å². The van der Waals surface area contributed by atoms with Crippen LogP contribution < -0.4 is 0 Å². The molecule has 1 rings (SSSR count). The van der Waals surface area contributed by atoms with Gasteiger partial charge in [0.2, 0.25) is 0 Å². The number of hydrogen-bond acceptors (Lipinski definition) is 3. The number of rotatable bonds is 13. The molecule has 0 aromatic heterocycles. The van der Waals surface area contributed by atoms with Crippen molar-refractivity contribution in [2.24, 2.45) is 0 Å². The minimum absolute atomic E-state index is 0.255. The third-order valence-corrected chi connectivity index (χ3v) is 12.2. The summed E-state index contributed by atoms with van der Waals surface area (Å²) in [6.45, 7) is 8.86. The van der Waals surface area contributed by atoms with E-state index in [0.29, 0.717) is 0 Å². The van der Waals surface area contributed by atoms with E-state index in [1.54, 1.807) is 0 Å². The Kier molecular flexibility index (Phi) is 10.7. The Morgan fingerprint density at radius 3 is 1.43 bits per heavy atom. The molecule has 0 unspecified atom stereocenters. The SMILES string of the molecule is CCCC[O][Sn]([O]CCCC)([O]CCCC)[CH]1C=CC=C1. The van der Waals surface area contributed by atoms with Gasteiger partial charge in [-0.25, -0.2) is 0 Å². The normalized spacial score (nSPS) is 15.2. The third kappa shape index (κ3) is 6.85. The summed E-state index contributed by atoms with van der Waals surface area (Å²) < 4.78 is 19.2. The van der Waals surface area contributed by atoms with Crippen molar-refractivity contribution in [1.29, 1.82) is 0 Å². The molecule has 0 saturated carbocycles. The molecule has 21 heavy (non-hydrogen) atoms. The molecule has 1 aliphatic rings. The summed E-state index contributed by atoms with van der Waals surface area (Å²) >= 11 is -3.52. The van der Waals surface area contributed by atoms with Crippen LogP contribution >= 0.6 is 0 Å². The summed E-state index contributed by atoms with van der Waals surface area (Å²) in [5.74, 6) is 0. The monoisotopic (exact) mass is 404 g/mol. The summed E-state index contributed by atoms with van der Waals surface area (Å²) in [5.41, 5.74) is 0. The molecule has 0 amide bonds. The molecule has 3 nitrogen and oxygen atoms in total. The zero-order valence-corrected chi connectivity index (χ0v) is 16.8. The standard InChI is InChI=1S/C5H5.3C4H9O.Sn/c1-2-4-5-3-1;3*1-2-3-4-5;/h1-5H;3*2-4H2,1H3;/q;3*-1;+3. The van der Waals surface area contributed by atoms with E-state index in [2.05, 4.69) is 45.1 Å². The van der Waals surface area contributed by atoms with Gasteiger partial charge in [-0.2, -0.15) is 0 Å². The van der Waals surface area contributed by atoms with Gasteiger partial charge in [-0.3, -0.25) is 0 Å². The second kappa shape index (κ2) is 11.7. The fourth-order valence-corrected chi connectivity index (χ4v) is 10.2. The number of unbranched alkanes of at least 4 members (excludes halogenated alkanes) is 3. The molecule has 0 fully saturated rings. The van der Waals surface area contributed by atoms with Crippen molar-refractivity contribution in [3.63, 3.8) is 0 Å². The van der Waals surface area contributed by atoms with Crippen LogP contribution in [0.3, 0.4) is 0 Å². The zero-order valence-electron chi connectivity index (χ0n) is 14.0. The van der Waals surface area contributed by atoms with Crippen molar-refractivity contribution < 1.29 is 9.22 Å². The molecule has 0 bridgehead atoms. The summed E-state index contributed by atoms with van der Waals surface area (Å²) in [6, 6.07) is 0. The summed E-state index contributed by atoms with van der Waals surface area (Å²) in [7, 11) is 0. The van der Waals surface area contributed by atoms with Gasteiger partial charge in [0.25, 0.3) is 0 Å². The van der Waals surface area contributed by atoms with Gasteiger partial charge >= 0.3 is 136 Å². The molecule has 0 aromatic rings. The third-order valence-electron chi connectivity index (χ3n) is 3.56. The first-order valence-corrected chi connectivity index (χ1v) is 13.7. The van der Waals surface area contributed by atoms with Gasteiger partial charge < -0.3 is 0 Å². The van der Waals surface area contributed by atoms with Crippen LogP contribution in [0.2, 0.25) is 3.93 Å². The molecular weight excluding hydrogens is 371 g/mol. The van der Waals surface area contributed by atoms with E-state index in [9.17, 15) is 0 Å². The van der Waals surface area contributed by atoms with Gasteiger partial charge in [-0.05, 0) is 0 Å². The van der Waals surface area contributed by atoms with Crippen molar-refractivity contribution in [3.8, 4) is 0 Å². The van der Waals surface area contributed by atoms with Crippen LogP contribution in [0.15, 0.2) is 24.3 Å². The van der Waals surface area contributed by atoms with E-state index >= 15 is 0 Å². The van der Waals surface area contributed by atoms with E-state index in [-0.39, 0.29) is 3.93 Å². The van der Waals surface area contributed by atoms with Crippen LogP contribution in [0.5, 0.6) is 0 Å². The first-order valence-electron chi connectivity index (χ1n) is 8.56. The molecular formula is C17H32O3Sn. The van der Waals surface area contributed by atoms with E-state index in [4.69, 9.17) is 9.22 Å². The van der Waals surface area contributed by atoms with Crippen LogP contribution in [0.1, 0.15) is 59.3 Å². The predicted molar refractivity (Wildman–Crippen MR) is 90.4 cm³/mol. The topological polar surface area (TPSA) is 27.7 Å². The molecule has 0 aliphatic heterocycles. The quantitative estimate of drug-likeness (QED) is 0.325. The first-order chi connectivity index (χ1) is 10.3. The molecule has 0 heterocycles. The van der Waals surface area contributed by atoms with E-state index < -0.39 is 19.6 Å². The van der Waals surface area contributed by atoms with E-state index in [1.807, 2.05) is 0 Å². The van der Waals surface area contributed by atoms with Crippen LogP contribution in [0.25, 0.3) is 0 Å². The van der Waals surface area contributed by atoms with Crippen LogP contribution in [-0.2, 0) is 9.22 Å². The van der Waals surface area contributed by atoms with Crippen LogP contribution in [0, 0.1) is 0 Å². The molecule has 0 saturated heterocycles. The Morgan fingerprint density at radius 2 is 1.10 bits per heavy atom. The first kappa shape index (κ1) is 19.2. The molecule has 0 spiro atoms. The molecule has 0 aromatic carbocycles.